The minimum absolute atomic E-state index is 0.0954. The number of benzene rings is 2. The van der Waals surface area contributed by atoms with Crippen LogP contribution in [0.1, 0.15) is 31.2 Å². The number of nitrogens with one attached hydrogen (secondary N) is 1. The number of hydrogen-bond donors (Lipinski definition) is 1. The predicted octanol–water partition coefficient (Wildman–Crippen LogP) is 3.46. The summed E-state index contributed by atoms with van der Waals surface area (Å²) in [5, 5.41) is 11.0. The van der Waals surface area contributed by atoms with Gasteiger partial charge in [0.1, 0.15) is 29.7 Å². The second-order valence-electron chi connectivity index (χ2n) is 7.88. The van der Waals surface area contributed by atoms with Crippen LogP contribution >= 0.6 is 0 Å². The molecule has 4 aromatic rings. The maximum Gasteiger partial charge on any atom is 0.247 e. The van der Waals surface area contributed by atoms with E-state index >= 15 is 0 Å². The molecular weight excluding hydrogens is 425 g/mol. The summed E-state index contributed by atoms with van der Waals surface area (Å²) in [4.78, 5) is 28.3. The first-order valence-electron chi connectivity index (χ1n) is 10.6. The summed E-state index contributed by atoms with van der Waals surface area (Å²) in [6.07, 6.45) is 1.52. The fraction of sp³-hybridized carbons (Fsp3) is 0.250. The number of nitrogens with zero attached hydrogens (tertiary/aromatic N) is 4. The molecule has 0 saturated heterocycles. The zero-order valence-corrected chi connectivity index (χ0v) is 18.3. The molecule has 0 fully saturated rings. The van der Waals surface area contributed by atoms with Gasteiger partial charge >= 0.3 is 0 Å². The van der Waals surface area contributed by atoms with Crippen LogP contribution in [0, 0.1) is 5.82 Å². The van der Waals surface area contributed by atoms with Gasteiger partial charge in [0.05, 0.1) is 18.3 Å². The maximum absolute atomic E-state index is 13.6. The van der Waals surface area contributed by atoms with Gasteiger partial charge in [0.25, 0.3) is 0 Å². The molecule has 33 heavy (non-hydrogen) atoms. The molecule has 0 bridgehead atoms. The standard InChI is InChI=1S/C24H24FN5O3/c1-16(2)30(22(31)15-29-21-8-4-3-7-20(21)27-28-29)23(17-9-11-18(25)12-10-17)24(32)26-14-19-6-5-13-33-19/h3-13,16,23H,14-15H2,1-2H3,(H,26,32). The summed E-state index contributed by atoms with van der Waals surface area (Å²) in [5.41, 5.74) is 1.89. The number of carbonyl (C=O) groups excluding carboxylic acids is 2. The molecule has 1 N–H and O–H groups in total. The van der Waals surface area contributed by atoms with Crippen molar-refractivity contribution < 1.29 is 18.4 Å². The van der Waals surface area contributed by atoms with Crippen molar-refractivity contribution in [3.8, 4) is 0 Å². The van der Waals surface area contributed by atoms with E-state index in [2.05, 4.69) is 15.6 Å². The first-order valence-corrected chi connectivity index (χ1v) is 10.6. The van der Waals surface area contributed by atoms with Crippen molar-refractivity contribution in [3.05, 3.63) is 84.1 Å². The van der Waals surface area contributed by atoms with Gasteiger partial charge in [-0.15, -0.1) is 5.10 Å². The molecule has 4 rings (SSSR count). The van der Waals surface area contributed by atoms with E-state index in [0.717, 1.165) is 5.52 Å². The predicted molar refractivity (Wildman–Crippen MR) is 119 cm³/mol. The highest BCUT2D eigenvalue weighted by Gasteiger charge is 2.33. The molecule has 0 aliphatic heterocycles. The lowest BCUT2D eigenvalue weighted by molar-refractivity contribution is -0.143. The highest BCUT2D eigenvalue weighted by Crippen LogP contribution is 2.25. The van der Waals surface area contributed by atoms with E-state index in [1.807, 2.05) is 38.1 Å². The molecule has 170 valence electrons. The number of rotatable bonds is 8. The van der Waals surface area contributed by atoms with Crippen molar-refractivity contribution in [3.63, 3.8) is 0 Å². The van der Waals surface area contributed by atoms with Gasteiger partial charge in [-0.3, -0.25) is 9.59 Å². The molecule has 1 unspecified atom stereocenters. The average Bonchev–Trinajstić information content (AvgIpc) is 3.46. The molecule has 0 saturated carbocycles. The summed E-state index contributed by atoms with van der Waals surface area (Å²) < 4.78 is 20.4. The molecule has 8 nitrogen and oxygen atoms in total. The number of furan rings is 1. The van der Waals surface area contributed by atoms with Gasteiger partial charge in [-0.1, -0.05) is 29.5 Å². The Hall–Kier alpha value is -4.01. The summed E-state index contributed by atoms with van der Waals surface area (Å²) in [7, 11) is 0. The van der Waals surface area contributed by atoms with Crippen LogP contribution in [0.15, 0.2) is 71.3 Å². The Morgan fingerprint density at radius 3 is 2.55 bits per heavy atom. The van der Waals surface area contributed by atoms with Crippen molar-refractivity contribution in [2.75, 3.05) is 0 Å². The number of carbonyl (C=O) groups is 2. The second kappa shape index (κ2) is 9.64. The van der Waals surface area contributed by atoms with E-state index in [9.17, 15) is 14.0 Å². The van der Waals surface area contributed by atoms with E-state index in [1.54, 1.807) is 12.1 Å². The second-order valence-corrected chi connectivity index (χ2v) is 7.88. The Balaban J connectivity index is 1.64. The van der Waals surface area contributed by atoms with Crippen LogP contribution in [0.3, 0.4) is 0 Å². The number of para-hydroxylation sites is 1. The SMILES string of the molecule is CC(C)N(C(=O)Cn1nnc2ccccc21)C(C(=O)NCc1ccco1)c1ccc(F)cc1. The van der Waals surface area contributed by atoms with Gasteiger partial charge in [0, 0.05) is 6.04 Å². The molecule has 0 spiro atoms. The van der Waals surface area contributed by atoms with Gasteiger partial charge in [-0.05, 0) is 55.8 Å². The van der Waals surface area contributed by atoms with Crippen LogP contribution < -0.4 is 5.32 Å². The van der Waals surface area contributed by atoms with E-state index < -0.39 is 17.8 Å². The summed E-state index contributed by atoms with van der Waals surface area (Å²) in [6.45, 7) is 3.72. The average molecular weight is 449 g/mol. The fourth-order valence-electron chi connectivity index (χ4n) is 3.74. The molecule has 2 heterocycles. The van der Waals surface area contributed by atoms with Gasteiger partial charge in [0.2, 0.25) is 11.8 Å². The molecular formula is C24H24FN5O3. The summed E-state index contributed by atoms with van der Waals surface area (Å²) >= 11 is 0. The van der Waals surface area contributed by atoms with Gasteiger partial charge < -0.3 is 14.6 Å². The van der Waals surface area contributed by atoms with Gasteiger partial charge in [0.15, 0.2) is 0 Å². The maximum atomic E-state index is 13.6. The molecule has 2 amide bonds. The molecule has 9 heteroatoms. The first kappa shape index (κ1) is 22.2. The van der Waals surface area contributed by atoms with Crippen LogP contribution in [0.2, 0.25) is 0 Å². The molecule has 0 radical (unpaired) electrons. The smallest absolute Gasteiger partial charge is 0.247 e. The molecule has 0 aliphatic carbocycles. The van der Waals surface area contributed by atoms with Gasteiger partial charge in [-0.25, -0.2) is 9.07 Å². The van der Waals surface area contributed by atoms with Crippen LogP contribution in [0.25, 0.3) is 11.0 Å². The Morgan fingerprint density at radius 2 is 1.85 bits per heavy atom. The summed E-state index contributed by atoms with van der Waals surface area (Å²) in [5.74, 6) is -0.561. The molecule has 2 aromatic heterocycles. The molecule has 0 aliphatic rings. The fourth-order valence-corrected chi connectivity index (χ4v) is 3.74. The van der Waals surface area contributed by atoms with Crippen molar-refractivity contribution in [2.45, 2.75) is 39.0 Å². The number of amides is 2. The van der Waals surface area contributed by atoms with Crippen molar-refractivity contribution in [1.29, 1.82) is 0 Å². The van der Waals surface area contributed by atoms with Crippen LogP contribution in [0.4, 0.5) is 4.39 Å². The molecule has 2 aromatic carbocycles. The molecule has 1 atom stereocenters. The lowest BCUT2D eigenvalue weighted by Crippen LogP contribution is -2.48. The lowest BCUT2D eigenvalue weighted by atomic mass is 10.0. The Bertz CT molecular complexity index is 1230. The minimum Gasteiger partial charge on any atom is -0.467 e. The Morgan fingerprint density at radius 1 is 1.09 bits per heavy atom. The Labute approximate surface area is 190 Å². The zero-order chi connectivity index (χ0) is 23.4. The third kappa shape index (κ3) is 4.92. The monoisotopic (exact) mass is 449 g/mol. The van der Waals surface area contributed by atoms with Crippen LogP contribution in [-0.4, -0.2) is 37.7 Å². The van der Waals surface area contributed by atoms with E-state index in [1.165, 1.54) is 40.1 Å². The first-order chi connectivity index (χ1) is 15.9. The largest absolute Gasteiger partial charge is 0.467 e. The normalized spacial score (nSPS) is 12.1. The summed E-state index contributed by atoms with van der Waals surface area (Å²) in [6, 6.07) is 15.1. The van der Waals surface area contributed by atoms with E-state index in [4.69, 9.17) is 4.42 Å². The van der Waals surface area contributed by atoms with E-state index in [0.29, 0.717) is 16.8 Å². The highest BCUT2D eigenvalue weighted by atomic mass is 19.1. The van der Waals surface area contributed by atoms with Crippen molar-refractivity contribution >= 4 is 22.8 Å². The number of aromatic nitrogens is 3. The van der Waals surface area contributed by atoms with E-state index in [-0.39, 0.29) is 25.0 Å². The lowest BCUT2D eigenvalue weighted by Gasteiger charge is -2.34. The third-order valence-corrected chi connectivity index (χ3v) is 5.28. The van der Waals surface area contributed by atoms with Crippen LogP contribution in [0.5, 0.6) is 0 Å². The number of hydrogen-bond acceptors (Lipinski definition) is 5. The van der Waals surface area contributed by atoms with Crippen molar-refractivity contribution in [1.82, 2.24) is 25.2 Å². The number of halogens is 1. The van der Waals surface area contributed by atoms with Crippen molar-refractivity contribution in [2.24, 2.45) is 0 Å². The third-order valence-electron chi connectivity index (χ3n) is 5.28. The quantitative estimate of drug-likeness (QED) is 0.445. The Kier molecular flexibility index (Phi) is 6.48. The van der Waals surface area contributed by atoms with Gasteiger partial charge in [-0.2, -0.15) is 0 Å². The number of fused-ring (bicyclic) bond motifs is 1. The van der Waals surface area contributed by atoms with Crippen LogP contribution in [-0.2, 0) is 22.7 Å². The minimum atomic E-state index is -0.970. The highest BCUT2D eigenvalue weighted by molar-refractivity contribution is 5.89. The topological polar surface area (TPSA) is 93.3 Å². The zero-order valence-electron chi connectivity index (χ0n) is 18.3.